The summed E-state index contributed by atoms with van der Waals surface area (Å²) in [5, 5.41) is 0. The van der Waals surface area contributed by atoms with Crippen molar-refractivity contribution in [2.45, 2.75) is 78.8 Å². The van der Waals surface area contributed by atoms with Crippen LogP contribution in [-0.4, -0.2) is 7.05 Å². The first kappa shape index (κ1) is 29.7. The van der Waals surface area contributed by atoms with Crippen molar-refractivity contribution in [1.29, 1.82) is 0 Å². The highest BCUT2D eigenvalue weighted by Crippen LogP contribution is 2.31. The van der Waals surface area contributed by atoms with E-state index in [0.717, 1.165) is 24.6 Å². The van der Waals surface area contributed by atoms with E-state index in [0.29, 0.717) is 0 Å². The summed E-state index contributed by atoms with van der Waals surface area (Å²) < 4.78 is 36.1. The number of nitrogens with two attached hydrogens (primary N) is 2. The summed E-state index contributed by atoms with van der Waals surface area (Å²) in [5.41, 5.74) is 15.9. The summed E-state index contributed by atoms with van der Waals surface area (Å²) in [6.07, 6.45) is 4.17. The summed E-state index contributed by atoms with van der Waals surface area (Å²) in [6, 6.07) is 14.3. The van der Waals surface area contributed by atoms with Gasteiger partial charge in [0.15, 0.2) is 0 Å². The normalized spacial score (nSPS) is 12.7. The molecule has 0 heterocycles. The molecule has 0 bridgehead atoms. The third-order valence-corrected chi connectivity index (χ3v) is 5.15. The highest BCUT2D eigenvalue weighted by molar-refractivity contribution is 5.33. The quantitative estimate of drug-likeness (QED) is 0.493. The van der Waals surface area contributed by atoms with Crippen molar-refractivity contribution >= 4 is 0 Å². The molecule has 0 fully saturated rings. The molecule has 0 spiro atoms. The van der Waals surface area contributed by atoms with Crippen molar-refractivity contribution in [2.75, 3.05) is 7.05 Å². The number of rotatable bonds is 5. The zero-order valence-corrected chi connectivity index (χ0v) is 20.4. The Kier molecular flexibility index (Phi) is 15.2. The van der Waals surface area contributed by atoms with Gasteiger partial charge in [-0.2, -0.15) is 13.2 Å². The summed E-state index contributed by atoms with van der Waals surface area (Å²) in [6.45, 7) is 7.70. The zero-order valence-electron chi connectivity index (χ0n) is 20.4. The minimum Gasteiger partial charge on any atom is -0.402 e. The Morgan fingerprint density at radius 3 is 1.91 bits per heavy atom. The molecule has 1 aliphatic carbocycles. The molecule has 0 unspecified atom stereocenters. The topological polar surface area (TPSA) is 52.0 Å². The number of hydrogen-bond donors (Lipinski definition) is 2. The molecule has 0 aliphatic heterocycles. The number of allylic oxidation sites excluding steroid dienone is 2. The minimum atomic E-state index is -4.22. The van der Waals surface area contributed by atoms with Crippen LogP contribution in [0, 0.1) is 6.92 Å². The first-order valence-corrected chi connectivity index (χ1v) is 11.6. The van der Waals surface area contributed by atoms with Crippen molar-refractivity contribution in [3.05, 3.63) is 82.1 Å². The van der Waals surface area contributed by atoms with E-state index in [9.17, 15) is 13.2 Å². The van der Waals surface area contributed by atoms with E-state index in [2.05, 4.69) is 36.9 Å². The lowest BCUT2D eigenvalue weighted by atomic mass is 9.96. The Morgan fingerprint density at radius 2 is 1.44 bits per heavy atom. The smallest absolute Gasteiger partial charge is 0.402 e. The van der Waals surface area contributed by atoms with E-state index < -0.39 is 11.7 Å². The van der Waals surface area contributed by atoms with Crippen LogP contribution in [0.5, 0.6) is 0 Å². The van der Waals surface area contributed by atoms with Gasteiger partial charge >= 0.3 is 6.18 Å². The number of alkyl halides is 3. The molecular formula is C27H41F3N2. The second kappa shape index (κ2) is 16.4. The number of halogens is 3. The standard InChI is InChI=1S/C16H23N.C8H7F3.C2H6.CH5N/c1-2-3-7-13-8-4-5-9-14(13)12-15-10-6-11-16(15)17;1-6-4-2-3-5-7(6)8(9,10)11;2*1-2/h4-5,8-9H,2-3,6-7,10-12,17H2,1H3;2-5H,1H3;1-2H3;2H2,1H3. The van der Waals surface area contributed by atoms with Gasteiger partial charge in [0, 0.05) is 5.70 Å². The Hall–Kier alpha value is -2.27. The molecule has 2 aromatic carbocycles. The first-order chi connectivity index (χ1) is 15.3. The van der Waals surface area contributed by atoms with Crippen LogP contribution in [0.4, 0.5) is 13.2 Å². The molecule has 2 nitrogen and oxygen atoms in total. The van der Waals surface area contributed by atoms with Crippen LogP contribution in [-0.2, 0) is 19.0 Å². The lowest BCUT2D eigenvalue weighted by Crippen LogP contribution is -2.06. The van der Waals surface area contributed by atoms with E-state index in [1.807, 2.05) is 13.8 Å². The van der Waals surface area contributed by atoms with Crippen molar-refractivity contribution in [1.82, 2.24) is 0 Å². The molecule has 0 amide bonds. The van der Waals surface area contributed by atoms with Crippen LogP contribution < -0.4 is 11.5 Å². The van der Waals surface area contributed by atoms with Crippen molar-refractivity contribution in [3.8, 4) is 0 Å². The Labute approximate surface area is 192 Å². The molecule has 0 saturated heterocycles. The first-order valence-electron chi connectivity index (χ1n) is 11.6. The van der Waals surface area contributed by atoms with Crippen molar-refractivity contribution < 1.29 is 13.2 Å². The highest BCUT2D eigenvalue weighted by Gasteiger charge is 2.31. The summed E-state index contributed by atoms with van der Waals surface area (Å²) >= 11 is 0. The van der Waals surface area contributed by atoms with Gasteiger partial charge in [-0.3, -0.25) is 0 Å². The maximum atomic E-state index is 12.0. The predicted molar refractivity (Wildman–Crippen MR) is 131 cm³/mol. The maximum Gasteiger partial charge on any atom is 0.416 e. The van der Waals surface area contributed by atoms with Gasteiger partial charge in [0.1, 0.15) is 0 Å². The van der Waals surface area contributed by atoms with Gasteiger partial charge in [0.2, 0.25) is 0 Å². The lowest BCUT2D eigenvalue weighted by molar-refractivity contribution is -0.138. The van der Waals surface area contributed by atoms with Gasteiger partial charge < -0.3 is 11.5 Å². The molecule has 32 heavy (non-hydrogen) atoms. The van der Waals surface area contributed by atoms with Crippen LogP contribution in [0.2, 0.25) is 0 Å². The van der Waals surface area contributed by atoms with E-state index in [4.69, 9.17) is 5.73 Å². The summed E-state index contributed by atoms with van der Waals surface area (Å²) in [5.74, 6) is 0. The lowest BCUT2D eigenvalue weighted by Gasteiger charge is -2.10. The van der Waals surface area contributed by atoms with Gasteiger partial charge in [0.05, 0.1) is 5.56 Å². The second-order valence-corrected chi connectivity index (χ2v) is 7.34. The second-order valence-electron chi connectivity index (χ2n) is 7.34. The van der Waals surface area contributed by atoms with Crippen LogP contribution in [0.1, 0.15) is 75.1 Å². The third-order valence-electron chi connectivity index (χ3n) is 5.15. The minimum absolute atomic E-state index is 0.264. The Balaban J connectivity index is 0.000000555. The molecule has 0 saturated carbocycles. The third kappa shape index (κ3) is 10.4. The fourth-order valence-corrected chi connectivity index (χ4v) is 3.49. The summed E-state index contributed by atoms with van der Waals surface area (Å²) in [4.78, 5) is 0. The Morgan fingerprint density at radius 1 is 0.875 bits per heavy atom. The maximum absolute atomic E-state index is 12.0. The molecule has 2 aromatic rings. The fraction of sp³-hybridized carbons (Fsp3) is 0.481. The van der Waals surface area contributed by atoms with Gasteiger partial charge in [-0.1, -0.05) is 69.7 Å². The number of unbranched alkanes of at least 4 members (excludes halogenated alkanes) is 1. The largest absolute Gasteiger partial charge is 0.416 e. The average molecular weight is 451 g/mol. The van der Waals surface area contributed by atoms with Crippen molar-refractivity contribution in [3.63, 3.8) is 0 Å². The Bertz CT molecular complexity index is 795. The average Bonchev–Trinajstić information content (AvgIpc) is 3.20. The highest BCUT2D eigenvalue weighted by atomic mass is 19.4. The molecule has 0 aromatic heterocycles. The van der Waals surface area contributed by atoms with Crippen molar-refractivity contribution in [2.24, 2.45) is 11.5 Å². The molecule has 180 valence electrons. The van der Waals surface area contributed by atoms with Gasteiger partial charge in [-0.05, 0) is 80.8 Å². The predicted octanol–water partition coefficient (Wildman–Crippen LogP) is 7.58. The van der Waals surface area contributed by atoms with E-state index in [1.165, 1.54) is 74.9 Å². The number of hydrogen-bond acceptors (Lipinski definition) is 2. The zero-order chi connectivity index (χ0) is 24.6. The van der Waals surface area contributed by atoms with Gasteiger partial charge in [-0.15, -0.1) is 0 Å². The molecule has 0 atom stereocenters. The van der Waals surface area contributed by atoms with Crippen LogP contribution in [0.25, 0.3) is 0 Å². The van der Waals surface area contributed by atoms with E-state index in [1.54, 1.807) is 6.07 Å². The molecular weight excluding hydrogens is 409 g/mol. The molecule has 3 rings (SSSR count). The van der Waals surface area contributed by atoms with E-state index in [-0.39, 0.29) is 5.56 Å². The number of benzene rings is 2. The number of aryl methyl sites for hydroxylation is 2. The molecule has 1 aliphatic rings. The SMILES string of the molecule is CC.CCCCc1ccccc1CC1=C(N)CCC1.CN.Cc1ccccc1C(F)(F)F. The molecule has 5 heteroatoms. The van der Waals surface area contributed by atoms with Gasteiger partial charge in [-0.25, -0.2) is 0 Å². The monoisotopic (exact) mass is 450 g/mol. The summed E-state index contributed by atoms with van der Waals surface area (Å²) in [7, 11) is 1.50. The molecule has 4 N–H and O–H groups in total. The fourth-order valence-electron chi connectivity index (χ4n) is 3.49. The van der Waals surface area contributed by atoms with Crippen LogP contribution in [0.3, 0.4) is 0 Å². The van der Waals surface area contributed by atoms with E-state index >= 15 is 0 Å². The van der Waals surface area contributed by atoms with Crippen LogP contribution >= 0.6 is 0 Å². The van der Waals surface area contributed by atoms with Crippen LogP contribution in [0.15, 0.2) is 59.8 Å². The van der Waals surface area contributed by atoms with Gasteiger partial charge in [0.25, 0.3) is 0 Å². The molecule has 0 radical (unpaired) electrons.